The number of morpholine rings is 1. The molecule has 0 aliphatic carbocycles. The highest BCUT2D eigenvalue weighted by Gasteiger charge is 2.45. The summed E-state index contributed by atoms with van der Waals surface area (Å²) in [7, 11) is 0. The van der Waals surface area contributed by atoms with Gasteiger partial charge in [0, 0.05) is 25.5 Å². The zero-order valence-corrected chi connectivity index (χ0v) is 14.7. The molecular formula is C16H27ClN4O2. The van der Waals surface area contributed by atoms with Crippen LogP contribution in [0.2, 0.25) is 0 Å². The van der Waals surface area contributed by atoms with Gasteiger partial charge in [-0.15, -0.1) is 12.4 Å². The molecule has 1 N–H and O–H groups in total. The summed E-state index contributed by atoms with van der Waals surface area (Å²) < 4.78 is 7.77. The normalized spacial score (nSPS) is 27.3. The van der Waals surface area contributed by atoms with Crippen molar-refractivity contribution in [2.75, 3.05) is 26.2 Å². The summed E-state index contributed by atoms with van der Waals surface area (Å²) in [5, 5.41) is 7.75. The van der Waals surface area contributed by atoms with Crippen molar-refractivity contribution < 1.29 is 9.53 Å². The molecule has 0 radical (unpaired) electrons. The van der Waals surface area contributed by atoms with Crippen LogP contribution in [0.1, 0.15) is 33.1 Å². The van der Waals surface area contributed by atoms with E-state index in [9.17, 15) is 4.79 Å². The number of carbonyl (C=O) groups excluding carboxylic acids is 1. The van der Waals surface area contributed by atoms with E-state index in [-0.39, 0.29) is 30.5 Å². The first-order valence-electron chi connectivity index (χ1n) is 8.31. The van der Waals surface area contributed by atoms with E-state index in [1.165, 1.54) is 0 Å². The average molecular weight is 343 g/mol. The second-order valence-electron chi connectivity index (χ2n) is 6.42. The molecule has 2 aliphatic rings. The van der Waals surface area contributed by atoms with Crippen LogP contribution in [0, 0.1) is 0 Å². The lowest BCUT2D eigenvalue weighted by Gasteiger charge is -2.44. The summed E-state index contributed by atoms with van der Waals surface area (Å²) in [6.07, 6.45) is 6.43. The Balaban J connectivity index is 0.00000192. The summed E-state index contributed by atoms with van der Waals surface area (Å²) >= 11 is 0. The molecule has 2 atom stereocenters. The third-order valence-corrected chi connectivity index (χ3v) is 4.84. The van der Waals surface area contributed by atoms with Crippen molar-refractivity contribution in [3.8, 4) is 0 Å². The Bertz CT molecular complexity index is 502. The molecule has 7 heteroatoms. The van der Waals surface area contributed by atoms with Gasteiger partial charge >= 0.3 is 0 Å². The molecular weight excluding hydrogens is 316 g/mol. The molecule has 1 amide bonds. The molecule has 2 saturated heterocycles. The summed E-state index contributed by atoms with van der Waals surface area (Å²) in [6.45, 7) is 7.22. The van der Waals surface area contributed by atoms with Crippen LogP contribution >= 0.6 is 12.4 Å². The quantitative estimate of drug-likeness (QED) is 0.902. The number of hydrogen-bond donors (Lipinski definition) is 1. The van der Waals surface area contributed by atoms with Crippen molar-refractivity contribution in [3.05, 3.63) is 18.5 Å². The molecule has 6 nitrogen and oxygen atoms in total. The van der Waals surface area contributed by atoms with Gasteiger partial charge in [0.05, 0.1) is 12.2 Å². The first-order chi connectivity index (χ1) is 10.7. The van der Waals surface area contributed by atoms with Gasteiger partial charge in [0.25, 0.3) is 5.91 Å². The number of rotatable bonds is 3. The Labute approximate surface area is 144 Å². The van der Waals surface area contributed by atoms with Crippen molar-refractivity contribution in [1.82, 2.24) is 20.0 Å². The van der Waals surface area contributed by atoms with Gasteiger partial charge in [-0.2, -0.15) is 5.10 Å². The first-order valence-corrected chi connectivity index (χ1v) is 8.31. The Morgan fingerprint density at radius 1 is 1.39 bits per heavy atom. The number of amides is 1. The fraction of sp³-hybridized carbons (Fsp3) is 0.750. The number of nitrogens with one attached hydrogen (secondary N) is 1. The van der Waals surface area contributed by atoms with E-state index >= 15 is 0 Å². The van der Waals surface area contributed by atoms with Crippen molar-refractivity contribution in [2.24, 2.45) is 0 Å². The molecule has 1 aromatic heterocycles. The van der Waals surface area contributed by atoms with Crippen LogP contribution in [0.3, 0.4) is 0 Å². The maximum absolute atomic E-state index is 13.4. The van der Waals surface area contributed by atoms with Crippen molar-refractivity contribution in [1.29, 1.82) is 0 Å². The van der Waals surface area contributed by atoms with Crippen molar-refractivity contribution in [3.63, 3.8) is 0 Å². The van der Waals surface area contributed by atoms with Crippen molar-refractivity contribution >= 4 is 18.3 Å². The number of halogens is 1. The minimum absolute atomic E-state index is 0. The SMILES string of the molecule is CCC1CN(C(=O)C2(n3cccn3)CCNCC2)CC(C)O1.Cl. The second-order valence-corrected chi connectivity index (χ2v) is 6.42. The summed E-state index contributed by atoms with van der Waals surface area (Å²) in [4.78, 5) is 15.4. The van der Waals surface area contributed by atoms with Gasteiger partial charge in [-0.3, -0.25) is 9.48 Å². The predicted molar refractivity (Wildman–Crippen MR) is 90.8 cm³/mol. The standard InChI is InChI=1S/C16H26N4O2.ClH/c1-3-14-12-19(11-13(2)22-14)15(21)16(5-8-17-9-6-16)20-10-4-7-18-20;/h4,7,10,13-14,17H,3,5-6,8-9,11-12H2,1-2H3;1H. The molecule has 3 heterocycles. The number of piperidine rings is 1. The van der Waals surface area contributed by atoms with E-state index in [0.29, 0.717) is 13.1 Å². The Morgan fingerprint density at radius 3 is 2.74 bits per heavy atom. The summed E-state index contributed by atoms with van der Waals surface area (Å²) in [6, 6.07) is 1.90. The number of carbonyl (C=O) groups is 1. The predicted octanol–water partition coefficient (Wildman–Crippen LogP) is 1.41. The molecule has 0 saturated carbocycles. The largest absolute Gasteiger partial charge is 0.372 e. The molecule has 23 heavy (non-hydrogen) atoms. The molecule has 0 aromatic carbocycles. The first kappa shape index (κ1) is 18.2. The van der Waals surface area contributed by atoms with Gasteiger partial charge in [-0.1, -0.05) is 6.92 Å². The third-order valence-electron chi connectivity index (χ3n) is 4.84. The van der Waals surface area contributed by atoms with E-state index in [1.807, 2.05) is 28.8 Å². The van der Waals surface area contributed by atoms with E-state index < -0.39 is 5.54 Å². The highest BCUT2D eigenvalue weighted by Crippen LogP contribution is 2.30. The molecule has 2 unspecified atom stereocenters. The molecule has 0 spiro atoms. The topological polar surface area (TPSA) is 59.4 Å². The highest BCUT2D eigenvalue weighted by atomic mass is 35.5. The average Bonchev–Trinajstić information content (AvgIpc) is 3.09. The number of hydrogen-bond acceptors (Lipinski definition) is 4. The monoisotopic (exact) mass is 342 g/mol. The van der Waals surface area contributed by atoms with Gasteiger partial charge in [0.15, 0.2) is 0 Å². The Morgan fingerprint density at radius 2 is 2.13 bits per heavy atom. The lowest BCUT2D eigenvalue weighted by molar-refractivity contribution is -0.156. The summed E-state index contributed by atoms with van der Waals surface area (Å²) in [5.41, 5.74) is -0.538. The molecule has 3 rings (SSSR count). The van der Waals surface area contributed by atoms with Gasteiger partial charge in [0.2, 0.25) is 0 Å². The minimum atomic E-state index is -0.538. The van der Waals surface area contributed by atoms with Crippen LogP contribution in [-0.4, -0.2) is 59.0 Å². The Kier molecular flexibility index (Phi) is 6.06. The lowest BCUT2D eigenvalue weighted by atomic mass is 9.86. The highest BCUT2D eigenvalue weighted by molar-refractivity contribution is 5.85. The van der Waals surface area contributed by atoms with E-state index in [2.05, 4.69) is 17.3 Å². The zero-order valence-electron chi connectivity index (χ0n) is 13.9. The number of ether oxygens (including phenoxy) is 1. The van der Waals surface area contributed by atoms with Gasteiger partial charge in [-0.25, -0.2) is 0 Å². The number of nitrogens with zero attached hydrogens (tertiary/aromatic N) is 3. The fourth-order valence-corrected chi connectivity index (χ4v) is 3.63. The minimum Gasteiger partial charge on any atom is -0.372 e. The van der Waals surface area contributed by atoms with Crippen LogP contribution in [0.4, 0.5) is 0 Å². The zero-order chi connectivity index (χ0) is 15.6. The third kappa shape index (κ3) is 3.54. The molecule has 0 bridgehead atoms. The molecule has 130 valence electrons. The molecule has 2 fully saturated rings. The Hall–Kier alpha value is -1.11. The van der Waals surface area contributed by atoms with Gasteiger partial charge in [-0.05, 0) is 45.3 Å². The molecule has 2 aliphatic heterocycles. The molecule has 1 aromatic rings. The van der Waals surface area contributed by atoms with E-state index in [4.69, 9.17) is 4.74 Å². The van der Waals surface area contributed by atoms with E-state index in [1.54, 1.807) is 6.20 Å². The summed E-state index contributed by atoms with van der Waals surface area (Å²) in [5.74, 6) is 0.200. The van der Waals surface area contributed by atoms with Gasteiger partial charge in [0.1, 0.15) is 5.54 Å². The smallest absolute Gasteiger partial charge is 0.250 e. The van der Waals surface area contributed by atoms with E-state index in [0.717, 1.165) is 32.4 Å². The van der Waals surface area contributed by atoms with Crippen LogP contribution in [-0.2, 0) is 15.1 Å². The van der Waals surface area contributed by atoms with Crippen LogP contribution < -0.4 is 5.32 Å². The van der Waals surface area contributed by atoms with Gasteiger partial charge < -0.3 is 15.0 Å². The van der Waals surface area contributed by atoms with Crippen LogP contribution in [0.5, 0.6) is 0 Å². The lowest BCUT2D eigenvalue weighted by Crippen LogP contribution is -2.59. The van der Waals surface area contributed by atoms with Crippen molar-refractivity contribution in [2.45, 2.75) is 50.9 Å². The van der Waals surface area contributed by atoms with Crippen LogP contribution in [0.15, 0.2) is 18.5 Å². The number of aromatic nitrogens is 2. The fourth-order valence-electron chi connectivity index (χ4n) is 3.63. The maximum Gasteiger partial charge on any atom is 0.250 e. The maximum atomic E-state index is 13.4. The van der Waals surface area contributed by atoms with Crippen LogP contribution in [0.25, 0.3) is 0 Å². The second kappa shape index (κ2) is 7.64.